The van der Waals surface area contributed by atoms with Crippen LogP contribution in [-0.4, -0.2) is 21.4 Å². The molecule has 1 heterocycles. The van der Waals surface area contributed by atoms with Crippen LogP contribution in [-0.2, 0) is 22.4 Å². The molecule has 3 aromatic rings. The zero-order valence-corrected chi connectivity index (χ0v) is 17.0. The van der Waals surface area contributed by atoms with Crippen LogP contribution in [0.25, 0.3) is 5.69 Å². The summed E-state index contributed by atoms with van der Waals surface area (Å²) in [5, 5.41) is 4.27. The molecule has 0 fully saturated rings. The quantitative estimate of drug-likeness (QED) is 0.595. The molecule has 0 saturated carbocycles. The zero-order valence-electron chi connectivity index (χ0n) is 17.0. The molecule has 0 N–H and O–H groups in total. The van der Waals surface area contributed by atoms with Crippen molar-refractivity contribution in [3.8, 4) is 5.69 Å². The van der Waals surface area contributed by atoms with Crippen LogP contribution < -0.4 is 5.43 Å². The fourth-order valence-electron chi connectivity index (χ4n) is 2.93. The Hall–Kier alpha value is -3.35. The Kier molecular flexibility index (Phi) is 6.10. The van der Waals surface area contributed by atoms with Gasteiger partial charge in [0.25, 0.3) is 0 Å². The standard InChI is InChI=1S/C23H22F2N2O3/c1-23(2,3)30-22(29)13-16-6-4-5-15(11-16)12-20-21(28)9-10-27(26-20)17-7-8-18(24)19(25)14-17/h4-11,14H,12-13H2,1-3H3. The van der Waals surface area contributed by atoms with Crippen molar-refractivity contribution in [2.24, 2.45) is 0 Å². The minimum absolute atomic E-state index is 0.117. The van der Waals surface area contributed by atoms with E-state index < -0.39 is 17.2 Å². The van der Waals surface area contributed by atoms with Gasteiger partial charge in [-0.2, -0.15) is 5.10 Å². The van der Waals surface area contributed by atoms with E-state index in [4.69, 9.17) is 4.74 Å². The van der Waals surface area contributed by atoms with E-state index in [0.29, 0.717) is 5.69 Å². The number of rotatable bonds is 5. The summed E-state index contributed by atoms with van der Waals surface area (Å²) in [7, 11) is 0. The van der Waals surface area contributed by atoms with Gasteiger partial charge in [0.05, 0.1) is 12.1 Å². The number of halogens is 2. The third-order valence-electron chi connectivity index (χ3n) is 4.18. The van der Waals surface area contributed by atoms with E-state index in [-0.39, 0.29) is 29.9 Å². The first kappa shape index (κ1) is 21.4. The summed E-state index contributed by atoms with van der Waals surface area (Å²) >= 11 is 0. The Balaban J connectivity index is 1.82. The van der Waals surface area contributed by atoms with Gasteiger partial charge in [0.15, 0.2) is 11.6 Å². The molecule has 0 aliphatic carbocycles. The molecule has 0 radical (unpaired) electrons. The number of carbonyl (C=O) groups is 1. The molecule has 0 spiro atoms. The average Bonchev–Trinajstić information content (AvgIpc) is 2.64. The molecule has 3 rings (SSSR count). The second-order valence-electron chi connectivity index (χ2n) is 7.93. The SMILES string of the molecule is CC(C)(C)OC(=O)Cc1cccc(Cc2nn(-c3ccc(F)c(F)c3)ccc2=O)c1. The molecular weight excluding hydrogens is 390 g/mol. The third kappa shape index (κ3) is 5.59. The maximum Gasteiger partial charge on any atom is 0.310 e. The van der Waals surface area contributed by atoms with Gasteiger partial charge in [-0.1, -0.05) is 24.3 Å². The molecular formula is C23H22F2N2O3. The predicted octanol–water partition coefficient (Wildman–Crippen LogP) is 3.99. The van der Waals surface area contributed by atoms with Crippen LogP contribution in [0.5, 0.6) is 0 Å². The van der Waals surface area contributed by atoms with Crippen molar-refractivity contribution in [1.82, 2.24) is 9.78 Å². The normalized spacial score (nSPS) is 11.4. The second-order valence-corrected chi connectivity index (χ2v) is 7.93. The average molecular weight is 412 g/mol. The molecule has 0 atom stereocenters. The van der Waals surface area contributed by atoms with Crippen molar-refractivity contribution in [3.63, 3.8) is 0 Å². The van der Waals surface area contributed by atoms with Gasteiger partial charge in [-0.15, -0.1) is 0 Å². The lowest BCUT2D eigenvalue weighted by Crippen LogP contribution is -2.24. The topological polar surface area (TPSA) is 61.2 Å². The number of hydrogen-bond donors (Lipinski definition) is 0. The van der Waals surface area contributed by atoms with Gasteiger partial charge in [-0.05, 0) is 44.0 Å². The first-order valence-electron chi connectivity index (χ1n) is 9.45. The molecule has 0 unspecified atom stereocenters. The largest absolute Gasteiger partial charge is 0.460 e. The number of ether oxygens (including phenoxy) is 1. The van der Waals surface area contributed by atoms with Crippen LogP contribution >= 0.6 is 0 Å². The highest BCUT2D eigenvalue weighted by molar-refractivity contribution is 5.73. The molecule has 0 aliphatic heterocycles. The number of hydrogen-bond acceptors (Lipinski definition) is 4. The Bertz CT molecular complexity index is 1130. The number of nitrogens with zero attached hydrogens (tertiary/aromatic N) is 2. The van der Waals surface area contributed by atoms with Crippen molar-refractivity contribution in [2.45, 2.75) is 39.2 Å². The first-order chi connectivity index (χ1) is 14.1. The summed E-state index contributed by atoms with van der Waals surface area (Å²) in [6.45, 7) is 5.42. The third-order valence-corrected chi connectivity index (χ3v) is 4.18. The van der Waals surface area contributed by atoms with Crippen molar-refractivity contribution in [1.29, 1.82) is 0 Å². The van der Waals surface area contributed by atoms with Crippen LogP contribution in [0.4, 0.5) is 8.78 Å². The Morgan fingerprint density at radius 1 is 1.03 bits per heavy atom. The van der Waals surface area contributed by atoms with E-state index in [9.17, 15) is 18.4 Å². The van der Waals surface area contributed by atoms with Crippen LogP contribution in [0, 0.1) is 11.6 Å². The number of aromatic nitrogens is 2. The van der Waals surface area contributed by atoms with Crippen LogP contribution in [0.15, 0.2) is 59.5 Å². The van der Waals surface area contributed by atoms with Crippen molar-refractivity contribution < 1.29 is 18.3 Å². The number of esters is 1. The highest BCUT2D eigenvalue weighted by Gasteiger charge is 2.16. The van der Waals surface area contributed by atoms with E-state index in [2.05, 4.69) is 5.10 Å². The monoisotopic (exact) mass is 412 g/mol. The summed E-state index contributed by atoms with van der Waals surface area (Å²) in [4.78, 5) is 24.3. The van der Waals surface area contributed by atoms with Crippen molar-refractivity contribution in [2.75, 3.05) is 0 Å². The van der Waals surface area contributed by atoms with Gasteiger partial charge in [0, 0.05) is 24.8 Å². The Morgan fingerprint density at radius 2 is 1.77 bits per heavy atom. The summed E-state index contributed by atoms with van der Waals surface area (Å²) in [5.41, 5.74) is 1.27. The molecule has 0 bridgehead atoms. The van der Waals surface area contributed by atoms with Gasteiger partial charge >= 0.3 is 5.97 Å². The molecule has 2 aromatic carbocycles. The number of carbonyl (C=O) groups excluding carboxylic acids is 1. The lowest BCUT2D eigenvalue weighted by molar-refractivity contribution is -0.153. The van der Waals surface area contributed by atoms with Gasteiger partial charge in [0.1, 0.15) is 11.3 Å². The highest BCUT2D eigenvalue weighted by Crippen LogP contribution is 2.14. The summed E-state index contributed by atoms with van der Waals surface area (Å²) in [5.74, 6) is -2.29. The van der Waals surface area contributed by atoms with Gasteiger partial charge in [-0.25, -0.2) is 13.5 Å². The zero-order chi connectivity index (χ0) is 21.9. The summed E-state index contributed by atoms with van der Waals surface area (Å²) in [6, 6.07) is 12.0. The van der Waals surface area contributed by atoms with E-state index in [1.807, 2.05) is 18.2 Å². The van der Waals surface area contributed by atoms with E-state index in [1.165, 1.54) is 23.0 Å². The van der Waals surface area contributed by atoms with Crippen molar-refractivity contribution in [3.05, 3.63) is 93.4 Å². The fourth-order valence-corrected chi connectivity index (χ4v) is 2.93. The van der Waals surface area contributed by atoms with E-state index in [0.717, 1.165) is 23.3 Å². The Morgan fingerprint density at radius 3 is 2.47 bits per heavy atom. The number of benzene rings is 2. The summed E-state index contributed by atoms with van der Waals surface area (Å²) in [6.07, 6.45) is 1.75. The maximum atomic E-state index is 13.5. The lowest BCUT2D eigenvalue weighted by atomic mass is 10.0. The molecule has 0 saturated heterocycles. The highest BCUT2D eigenvalue weighted by atomic mass is 19.2. The first-order valence-corrected chi connectivity index (χ1v) is 9.45. The van der Waals surface area contributed by atoms with Crippen LogP contribution in [0.3, 0.4) is 0 Å². The predicted molar refractivity (Wildman–Crippen MR) is 109 cm³/mol. The van der Waals surface area contributed by atoms with Crippen molar-refractivity contribution >= 4 is 5.97 Å². The molecule has 0 amide bonds. The Labute approximate surface area is 172 Å². The van der Waals surface area contributed by atoms with Gasteiger partial charge in [0.2, 0.25) is 5.43 Å². The molecule has 5 nitrogen and oxygen atoms in total. The van der Waals surface area contributed by atoms with Gasteiger partial charge in [-0.3, -0.25) is 9.59 Å². The minimum atomic E-state index is -0.996. The molecule has 30 heavy (non-hydrogen) atoms. The smallest absolute Gasteiger partial charge is 0.310 e. The van der Waals surface area contributed by atoms with Crippen LogP contribution in [0.1, 0.15) is 37.6 Å². The minimum Gasteiger partial charge on any atom is -0.460 e. The molecule has 156 valence electrons. The fraction of sp³-hybridized carbons (Fsp3) is 0.261. The second kappa shape index (κ2) is 8.57. The van der Waals surface area contributed by atoms with E-state index in [1.54, 1.807) is 26.8 Å². The summed E-state index contributed by atoms with van der Waals surface area (Å²) < 4.78 is 33.4. The lowest BCUT2D eigenvalue weighted by Gasteiger charge is -2.19. The van der Waals surface area contributed by atoms with Gasteiger partial charge < -0.3 is 4.74 Å². The van der Waals surface area contributed by atoms with E-state index >= 15 is 0 Å². The molecule has 1 aromatic heterocycles. The molecule has 0 aliphatic rings. The maximum absolute atomic E-state index is 13.5. The molecule has 7 heteroatoms. The van der Waals surface area contributed by atoms with Crippen LogP contribution in [0.2, 0.25) is 0 Å².